The van der Waals surface area contributed by atoms with Gasteiger partial charge in [0.1, 0.15) is 11.5 Å². The molecule has 0 spiro atoms. The Bertz CT molecular complexity index is 1130. The van der Waals surface area contributed by atoms with Crippen molar-refractivity contribution >= 4 is 23.4 Å². The van der Waals surface area contributed by atoms with Crippen LogP contribution in [-0.4, -0.2) is 18.3 Å². The van der Waals surface area contributed by atoms with Crippen LogP contribution in [0.4, 0.5) is 5.69 Å². The van der Waals surface area contributed by atoms with Crippen molar-refractivity contribution < 1.29 is 14.3 Å². The molecule has 4 rings (SSSR count). The van der Waals surface area contributed by atoms with Gasteiger partial charge in [-0.1, -0.05) is 48.5 Å². The molecule has 0 saturated carbocycles. The van der Waals surface area contributed by atoms with E-state index < -0.39 is 0 Å². The summed E-state index contributed by atoms with van der Waals surface area (Å²) < 4.78 is 11.7. The smallest absolute Gasteiger partial charge is 0.255 e. The normalized spacial score (nSPS) is 10.4. The molecular weight excluding hydrogens is 418 g/mol. The van der Waals surface area contributed by atoms with Crippen LogP contribution in [0.5, 0.6) is 17.2 Å². The summed E-state index contributed by atoms with van der Waals surface area (Å²) in [6, 6.07) is 34.2. The SMILES string of the molecule is O=C(Nc1ccccc1Oc1ccccc1)c1ccc(OCCSc2ccccc2)cc1. The van der Waals surface area contributed by atoms with E-state index in [1.807, 2.05) is 84.9 Å². The van der Waals surface area contributed by atoms with Gasteiger partial charge in [-0.3, -0.25) is 4.79 Å². The van der Waals surface area contributed by atoms with Gasteiger partial charge in [-0.25, -0.2) is 0 Å². The second-order valence-electron chi connectivity index (χ2n) is 6.90. The van der Waals surface area contributed by atoms with Gasteiger partial charge in [-0.15, -0.1) is 11.8 Å². The molecule has 5 heteroatoms. The van der Waals surface area contributed by atoms with Crippen molar-refractivity contribution in [2.75, 3.05) is 17.7 Å². The molecule has 0 bridgehead atoms. The van der Waals surface area contributed by atoms with Crippen LogP contribution in [0.3, 0.4) is 0 Å². The molecule has 0 saturated heterocycles. The van der Waals surface area contributed by atoms with Crippen molar-refractivity contribution in [2.24, 2.45) is 0 Å². The van der Waals surface area contributed by atoms with E-state index in [9.17, 15) is 4.79 Å². The van der Waals surface area contributed by atoms with Gasteiger partial charge in [0, 0.05) is 16.2 Å². The van der Waals surface area contributed by atoms with Gasteiger partial charge < -0.3 is 14.8 Å². The number of benzene rings is 4. The van der Waals surface area contributed by atoms with Crippen LogP contribution in [0.2, 0.25) is 0 Å². The Kier molecular flexibility index (Phi) is 7.45. The molecule has 0 aliphatic rings. The highest BCUT2D eigenvalue weighted by Crippen LogP contribution is 2.29. The maximum absolute atomic E-state index is 12.7. The van der Waals surface area contributed by atoms with Gasteiger partial charge >= 0.3 is 0 Å². The third-order valence-electron chi connectivity index (χ3n) is 4.59. The van der Waals surface area contributed by atoms with Crippen molar-refractivity contribution in [1.29, 1.82) is 0 Å². The number of ether oxygens (including phenoxy) is 2. The van der Waals surface area contributed by atoms with E-state index in [0.717, 1.165) is 11.5 Å². The van der Waals surface area contributed by atoms with Crippen LogP contribution < -0.4 is 14.8 Å². The molecule has 1 N–H and O–H groups in total. The van der Waals surface area contributed by atoms with Crippen LogP contribution in [0.1, 0.15) is 10.4 Å². The Morgan fingerprint density at radius 2 is 1.38 bits per heavy atom. The third-order valence-corrected chi connectivity index (χ3v) is 5.56. The fourth-order valence-corrected chi connectivity index (χ4v) is 3.76. The topological polar surface area (TPSA) is 47.6 Å². The lowest BCUT2D eigenvalue weighted by Crippen LogP contribution is -2.12. The van der Waals surface area contributed by atoms with Crippen molar-refractivity contribution in [3.63, 3.8) is 0 Å². The highest BCUT2D eigenvalue weighted by atomic mass is 32.2. The highest BCUT2D eigenvalue weighted by molar-refractivity contribution is 7.99. The Labute approximate surface area is 192 Å². The van der Waals surface area contributed by atoms with Gasteiger partial charge in [-0.05, 0) is 60.7 Å². The zero-order valence-corrected chi connectivity index (χ0v) is 18.3. The Morgan fingerprint density at radius 3 is 2.12 bits per heavy atom. The summed E-state index contributed by atoms with van der Waals surface area (Å²) in [5.74, 6) is 2.68. The van der Waals surface area contributed by atoms with E-state index in [4.69, 9.17) is 9.47 Å². The third kappa shape index (κ3) is 6.15. The van der Waals surface area contributed by atoms with Gasteiger partial charge in [-0.2, -0.15) is 0 Å². The zero-order chi connectivity index (χ0) is 22.0. The van der Waals surface area contributed by atoms with Crippen molar-refractivity contribution in [1.82, 2.24) is 0 Å². The molecule has 0 unspecified atom stereocenters. The number of nitrogens with one attached hydrogen (secondary N) is 1. The van der Waals surface area contributed by atoms with Crippen molar-refractivity contribution in [2.45, 2.75) is 4.90 Å². The molecule has 0 radical (unpaired) electrons. The number of thioether (sulfide) groups is 1. The fraction of sp³-hybridized carbons (Fsp3) is 0.0741. The molecule has 32 heavy (non-hydrogen) atoms. The highest BCUT2D eigenvalue weighted by Gasteiger charge is 2.11. The molecule has 160 valence electrons. The Balaban J connectivity index is 1.31. The predicted octanol–water partition coefficient (Wildman–Crippen LogP) is 6.90. The summed E-state index contributed by atoms with van der Waals surface area (Å²) >= 11 is 1.75. The minimum atomic E-state index is -0.208. The Morgan fingerprint density at radius 1 is 0.719 bits per heavy atom. The number of hydrogen-bond donors (Lipinski definition) is 1. The van der Waals surface area contributed by atoms with E-state index in [0.29, 0.717) is 29.4 Å². The molecular formula is C27H23NO3S. The van der Waals surface area contributed by atoms with Gasteiger partial charge in [0.15, 0.2) is 5.75 Å². The fourth-order valence-electron chi connectivity index (χ4n) is 3.01. The number of amides is 1. The van der Waals surface area contributed by atoms with Crippen molar-refractivity contribution in [3.05, 3.63) is 115 Å². The quantitative estimate of drug-likeness (QED) is 0.227. The van der Waals surface area contributed by atoms with E-state index in [1.54, 1.807) is 23.9 Å². The van der Waals surface area contributed by atoms with Crippen LogP contribution in [0.15, 0.2) is 114 Å². The van der Waals surface area contributed by atoms with E-state index in [-0.39, 0.29) is 5.91 Å². The molecule has 0 aliphatic heterocycles. The summed E-state index contributed by atoms with van der Waals surface area (Å²) in [7, 11) is 0. The predicted molar refractivity (Wildman–Crippen MR) is 130 cm³/mol. The van der Waals surface area contributed by atoms with Crippen LogP contribution in [0, 0.1) is 0 Å². The van der Waals surface area contributed by atoms with Crippen LogP contribution in [0.25, 0.3) is 0 Å². The molecule has 1 amide bonds. The number of hydrogen-bond acceptors (Lipinski definition) is 4. The maximum Gasteiger partial charge on any atom is 0.255 e. The maximum atomic E-state index is 12.7. The summed E-state index contributed by atoms with van der Waals surface area (Å²) in [6.07, 6.45) is 0. The lowest BCUT2D eigenvalue weighted by Gasteiger charge is -2.12. The summed E-state index contributed by atoms with van der Waals surface area (Å²) in [4.78, 5) is 14.0. The monoisotopic (exact) mass is 441 g/mol. The molecule has 0 atom stereocenters. The standard InChI is InChI=1S/C27H23NO3S/c29-27(28-25-13-7-8-14-26(25)31-23-9-3-1-4-10-23)21-15-17-22(18-16-21)30-19-20-32-24-11-5-2-6-12-24/h1-18H,19-20H2,(H,28,29). The van der Waals surface area contributed by atoms with Gasteiger partial charge in [0.2, 0.25) is 0 Å². The zero-order valence-electron chi connectivity index (χ0n) is 17.4. The summed E-state index contributed by atoms with van der Waals surface area (Å²) in [5.41, 5.74) is 1.16. The first-order valence-electron chi connectivity index (χ1n) is 10.3. The number of carbonyl (C=O) groups is 1. The van der Waals surface area contributed by atoms with E-state index >= 15 is 0 Å². The number of para-hydroxylation sites is 3. The summed E-state index contributed by atoms with van der Waals surface area (Å²) in [5, 5.41) is 2.93. The van der Waals surface area contributed by atoms with Gasteiger partial charge in [0.05, 0.1) is 12.3 Å². The Hall–Kier alpha value is -3.70. The van der Waals surface area contributed by atoms with Crippen LogP contribution >= 0.6 is 11.8 Å². The molecule has 4 nitrogen and oxygen atoms in total. The van der Waals surface area contributed by atoms with E-state index in [2.05, 4.69) is 17.4 Å². The molecule has 4 aromatic carbocycles. The molecule has 4 aromatic rings. The van der Waals surface area contributed by atoms with Gasteiger partial charge in [0.25, 0.3) is 5.91 Å². The molecule has 0 heterocycles. The van der Waals surface area contributed by atoms with E-state index in [1.165, 1.54) is 4.90 Å². The average Bonchev–Trinajstić information content (AvgIpc) is 2.85. The number of anilines is 1. The number of carbonyl (C=O) groups excluding carboxylic acids is 1. The van der Waals surface area contributed by atoms with Crippen LogP contribution in [-0.2, 0) is 0 Å². The first-order chi connectivity index (χ1) is 15.8. The largest absolute Gasteiger partial charge is 0.493 e. The first-order valence-corrected chi connectivity index (χ1v) is 11.3. The lowest BCUT2D eigenvalue weighted by molar-refractivity contribution is 0.102. The minimum Gasteiger partial charge on any atom is -0.493 e. The average molecular weight is 442 g/mol. The second-order valence-corrected chi connectivity index (χ2v) is 8.07. The lowest BCUT2D eigenvalue weighted by atomic mass is 10.2. The molecule has 0 fully saturated rings. The first kappa shape index (κ1) is 21.5. The minimum absolute atomic E-state index is 0.208. The second kappa shape index (κ2) is 11.1. The number of rotatable bonds is 9. The molecule has 0 aliphatic carbocycles. The molecule has 0 aromatic heterocycles. The summed E-state index contributed by atoms with van der Waals surface area (Å²) in [6.45, 7) is 0.593. The van der Waals surface area contributed by atoms with Crippen molar-refractivity contribution in [3.8, 4) is 17.2 Å².